The summed E-state index contributed by atoms with van der Waals surface area (Å²) in [4.78, 5) is 15.6. The molecule has 0 saturated heterocycles. The molecule has 23 heavy (non-hydrogen) atoms. The van der Waals surface area contributed by atoms with Crippen molar-refractivity contribution in [2.45, 2.75) is 6.92 Å². The number of aliphatic imine (C=N–C) groups is 1. The monoisotopic (exact) mass is 326 g/mol. The van der Waals surface area contributed by atoms with Crippen LogP contribution >= 0.6 is 11.6 Å². The van der Waals surface area contributed by atoms with E-state index in [1.165, 1.54) is 6.07 Å². The molecular weight excluding hydrogens is 312 g/mol. The Bertz CT molecular complexity index is 942. The predicted molar refractivity (Wildman–Crippen MR) is 93.3 cm³/mol. The summed E-state index contributed by atoms with van der Waals surface area (Å²) < 4.78 is 2.11. The summed E-state index contributed by atoms with van der Waals surface area (Å²) in [6.45, 7) is 2.03. The van der Waals surface area contributed by atoms with Crippen LogP contribution in [0.5, 0.6) is 0 Å². The first-order valence-corrected chi connectivity index (χ1v) is 7.47. The van der Waals surface area contributed by atoms with Gasteiger partial charge in [0.25, 0.3) is 0 Å². The van der Waals surface area contributed by atoms with E-state index in [-0.39, 0.29) is 10.6 Å². The van der Waals surface area contributed by atoms with Gasteiger partial charge in [-0.3, -0.25) is 4.99 Å². The van der Waals surface area contributed by atoms with E-state index in [1.54, 1.807) is 18.3 Å². The van der Waals surface area contributed by atoms with Crippen LogP contribution in [0.4, 0.5) is 5.69 Å². The summed E-state index contributed by atoms with van der Waals surface area (Å²) >= 11 is 5.88. The lowest BCUT2D eigenvalue weighted by molar-refractivity contribution is 0.0697. The number of carboxylic acids is 1. The fourth-order valence-electron chi connectivity index (χ4n) is 2.61. The van der Waals surface area contributed by atoms with E-state index in [4.69, 9.17) is 16.7 Å². The summed E-state index contributed by atoms with van der Waals surface area (Å²) in [5.74, 6) is -1.06. The molecule has 1 N–H and O–H groups in total. The summed E-state index contributed by atoms with van der Waals surface area (Å²) in [7, 11) is 2.01. The van der Waals surface area contributed by atoms with E-state index in [0.717, 1.165) is 22.2 Å². The molecule has 116 valence electrons. The first-order chi connectivity index (χ1) is 11.0. The zero-order chi connectivity index (χ0) is 16.6. The molecule has 1 heterocycles. The van der Waals surface area contributed by atoms with Gasteiger partial charge < -0.3 is 9.67 Å². The Hall–Kier alpha value is -2.59. The average molecular weight is 327 g/mol. The Labute approximate surface area is 138 Å². The molecule has 0 unspecified atom stereocenters. The minimum Gasteiger partial charge on any atom is -0.478 e. The quantitative estimate of drug-likeness (QED) is 0.716. The fourth-order valence-corrected chi connectivity index (χ4v) is 2.81. The van der Waals surface area contributed by atoms with Crippen LogP contribution in [0.25, 0.3) is 10.9 Å². The first-order valence-electron chi connectivity index (χ1n) is 7.10. The largest absolute Gasteiger partial charge is 0.478 e. The van der Waals surface area contributed by atoms with Crippen LogP contribution in [0.15, 0.2) is 47.5 Å². The predicted octanol–water partition coefficient (Wildman–Crippen LogP) is 4.59. The van der Waals surface area contributed by atoms with Gasteiger partial charge in [0.15, 0.2) is 0 Å². The molecule has 0 amide bonds. The molecule has 3 rings (SSSR count). The number of hydrogen-bond acceptors (Lipinski definition) is 2. The van der Waals surface area contributed by atoms with Gasteiger partial charge in [0, 0.05) is 35.4 Å². The number of aromatic carboxylic acids is 1. The SMILES string of the molecule is Cc1c(C=Nc2ccc(Cl)c(C(=O)O)c2)c2ccccc2n1C. The van der Waals surface area contributed by atoms with E-state index in [9.17, 15) is 4.79 Å². The molecule has 0 atom stereocenters. The highest BCUT2D eigenvalue weighted by molar-refractivity contribution is 6.33. The molecular formula is C18H15ClN2O2. The third-order valence-electron chi connectivity index (χ3n) is 3.97. The van der Waals surface area contributed by atoms with Crippen molar-refractivity contribution >= 4 is 40.4 Å². The smallest absolute Gasteiger partial charge is 0.337 e. The number of carboxylic acid groups (broad SMARTS) is 1. The van der Waals surface area contributed by atoms with Gasteiger partial charge in [-0.15, -0.1) is 0 Å². The second-order valence-corrected chi connectivity index (χ2v) is 5.71. The van der Waals surface area contributed by atoms with Gasteiger partial charge in [0.05, 0.1) is 16.3 Å². The zero-order valence-electron chi connectivity index (χ0n) is 12.7. The van der Waals surface area contributed by atoms with Crippen LogP contribution in [0.2, 0.25) is 5.02 Å². The van der Waals surface area contributed by atoms with Crippen molar-refractivity contribution in [1.82, 2.24) is 4.57 Å². The van der Waals surface area contributed by atoms with Gasteiger partial charge in [0.1, 0.15) is 0 Å². The summed E-state index contributed by atoms with van der Waals surface area (Å²) in [6.07, 6.45) is 1.77. The molecule has 0 fully saturated rings. The maximum Gasteiger partial charge on any atom is 0.337 e. The van der Waals surface area contributed by atoms with Crippen LogP contribution in [-0.4, -0.2) is 21.9 Å². The topological polar surface area (TPSA) is 54.6 Å². The second-order valence-electron chi connectivity index (χ2n) is 5.30. The number of para-hydroxylation sites is 1. The average Bonchev–Trinajstić information content (AvgIpc) is 2.78. The fraction of sp³-hybridized carbons (Fsp3) is 0.111. The number of aryl methyl sites for hydroxylation is 1. The van der Waals surface area contributed by atoms with E-state index >= 15 is 0 Å². The highest BCUT2D eigenvalue weighted by atomic mass is 35.5. The number of halogens is 1. The first kappa shape index (κ1) is 15.3. The normalized spacial score (nSPS) is 11.4. The number of benzene rings is 2. The number of hydrogen-bond donors (Lipinski definition) is 1. The van der Waals surface area contributed by atoms with E-state index < -0.39 is 5.97 Å². The van der Waals surface area contributed by atoms with Crippen LogP contribution < -0.4 is 0 Å². The molecule has 2 aromatic carbocycles. The van der Waals surface area contributed by atoms with Crippen molar-refractivity contribution in [3.63, 3.8) is 0 Å². The van der Waals surface area contributed by atoms with Crippen molar-refractivity contribution in [2.75, 3.05) is 0 Å². The lowest BCUT2D eigenvalue weighted by atomic mass is 10.1. The number of rotatable bonds is 3. The van der Waals surface area contributed by atoms with Crippen molar-refractivity contribution in [3.05, 3.63) is 64.3 Å². The molecule has 1 aromatic heterocycles. The van der Waals surface area contributed by atoms with Crippen LogP contribution in [0.1, 0.15) is 21.6 Å². The molecule has 5 heteroatoms. The highest BCUT2D eigenvalue weighted by Crippen LogP contribution is 2.25. The Morgan fingerprint density at radius 3 is 2.74 bits per heavy atom. The number of nitrogens with zero attached hydrogens (tertiary/aromatic N) is 2. The third-order valence-corrected chi connectivity index (χ3v) is 4.30. The van der Waals surface area contributed by atoms with Crippen LogP contribution in [-0.2, 0) is 7.05 Å². The number of fused-ring (bicyclic) bond motifs is 1. The molecule has 0 saturated carbocycles. The van der Waals surface area contributed by atoms with Gasteiger partial charge in [0.2, 0.25) is 0 Å². The van der Waals surface area contributed by atoms with Gasteiger partial charge in [-0.25, -0.2) is 4.79 Å². The molecule has 0 bridgehead atoms. The van der Waals surface area contributed by atoms with Crippen molar-refractivity contribution < 1.29 is 9.90 Å². The zero-order valence-corrected chi connectivity index (χ0v) is 13.5. The Morgan fingerprint density at radius 2 is 2.00 bits per heavy atom. The van der Waals surface area contributed by atoms with E-state index in [1.807, 2.05) is 32.2 Å². The maximum atomic E-state index is 11.1. The second kappa shape index (κ2) is 5.89. The van der Waals surface area contributed by atoms with Crippen molar-refractivity contribution in [1.29, 1.82) is 0 Å². The summed E-state index contributed by atoms with van der Waals surface area (Å²) in [6, 6.07) is 12.8. The molecule has 4 nitrogen and oxygen atoms in total. The molecule has 0 radical (unpaired) electrons. The molecule has 0 spiro atoms. The van der Waals surface area contributed by atoms with Gasteiger partial charge in [-0.1, -0.05) is 29.8 Å². The van der Waals surface area contributed by atoms with Crippen molar-refractivity contribution in [3.8, 4) is 0 Å². The third kappa shape index (κ3) is 2.73. The molecule has 0 aliphatic heterocycles. The van der Waals surface area contributed by atoms with E-state index in [2.05, 4.69) is 15.6 Å². The van der Waals surface area contributed by atoms with Crippen molar-refractivity contribution in [2.24, 2.45) is 12.0 Å². The Balaban J connectivity index is 2.06. The van der Waals surface area contributed by atoms with Gasteiger partial charge in [-0.2, -0.15) is 0 Å². The van der Waals surface area contributed by atoms with Crippen LogP contribution in [0, 0.1) is 6.92 Å². The lowest BCUT2D eigenvalue weighted by Gasteiger charge is -2.00. The number of aromatic nitrogens is 1. The highest BCUT2D eigenvalue weighted by Gasteiger charge is 2.11. The maximum absolute atomic E-state index is 11.1. The summed E-state index contributed by atoms with van der Waals surface area (Å²) in [5.41, 5.74) is 3.86. The molecule has 0 aliphatic rings. The standard InChI is InChI=1S/C18H15ClN2O2/c1-11-15(13-5-3-4-6-17(13)21(11)2)10-20-12-7-8-16(19)14(9-12)18(22)23/h3-10H,1-2H3,(H,22,23). The van der Waals surface area contributed by atoms with Crippen LogP contribution in [0.3, 0.4) is 0 Å². The van der Waals surface area contributed by atoms with E-state index in [0.29, 0.717) is 5.69 Å². The van der Waals surface area contributed by atoms with Gasteiger partial charge >= 0.3 is 5.97 Å². The number of carbonyl (C=O) groups is 1. The molecule has 3 aromatic rings. The minimum absolute atomic E-state index is 0.0518. The van der Waals surface area contributed by atoms with Gasteiger partial charge in [-0.05, 0) is 31.2 Å². The summed E-state index contributed by atoms with van der Waals surface area (Å²) in [5, 5.41) is 10.4. The Morgan fingerprint density at radius 1 is 1.26 bits per heavy atom. The minimum atomic E-state index is -1.06. The lowest BCUT2D eigenvalue weighted by Crippen LogP contribution is -1.96. The Kier molecular flexibility index (Phi) is 3.92. The molecule has 0 aliphatic carbocycles.